The maximum Gasteiger partial charge on any atom is 0.339 e. The minimum Gasteiger partial charge on any atom is -0.465 e. The smallest absolute Gasteiger partial charge is 0.339 e. The average molecular weight is 467 g/mol. The fourth-order valence-corrected chi connectivity index (χ4v) is 4.74. The first-order chi connectivity index (χ1) is 15.3. The van der Waals surface area contributed by atoms with Crippen molar-refractivity contribution in [1.82, 2.24) is 4.57 Å². The number of anilines is 1. The van der Waals surface area contributed by atoms with Crippen molar-refractivity contribution in [2.24, 2.45) is 0 Å². The van der Waals surface area contributed by atoms with E-state index in [1.807, 2.05) is 30.5 Å². The first kappa shape index (κ1) is 21.9. The highest BCUT2D eigenvalue weighted by atomic mass is 35.5. The monoisotopic (exact) mass is 466 g/mol. The van der Waals surface area contributed by atoms with Gasteiger partial charge in [0.05, 0.1) is 28.3 Å². The second kappa shape index (κ2) is 8.68. The van der Waals surface area contributed by atoms with Crippen molar-refractivity contribution in [1.29, 1.82) is 0 Å². The van der Waals surface area contributed by atoms with Gasteiger partial charge < -0.3 is 9.30 Å². The molecule has 2 heterocycles. The third-order valence-corrected chi connectivity index (χ3v) is 6.36. The van der Waals surface area contributed by atoms with Crippen LogP contribution in [-0.2, 0) is 9.53 Å². The molecule has 0 saturated carbocycles. The fraction of sp³-hybridized carbons (Fsp3) is 0.125. The lowest BCUT2D eigenvalue weighted by atomic mass is 10.2. The molecule has 0 aliphatic carbocycles. The standard InChI is InChI=1S/C24H19ClN2O4S/c1-14-11-16(12-21-22(28)27(24(30)32-21)17-7-5-4-6-8-17)15(2)26(14)18-9-10-19(20(25)13-18)23(29)31-3/h4-13H,1-3H3. The molecule has 8 heteroatoms. The summed E-state index contributed by atoms with van der Waals surface area (Å²) < 4.78 is 6.72. The zero-order valence-corrected chi connectivity index (χ0v) is 19.2. The third kappa shape index (κ3) is 3.85. The fourth-order valence-electron chi connectivity index (χ4n) is 3.66. The average Bonchev–Trinajstić information content (AvgIpc) is 3.22. The molecule has 0 radical (unpaired) electrons. The number of methoxy groups -OCH3 is 1. The molecule has 4 rings (SSSR count). The summed E-state index contributed by atoms with van der Waals surface area (Å²) in [6, 6.07) is 15.9. The number of benzene rings is 2. The molecule has 0 spiro atoms. The van der Waals surface area contributed by atoms with E-state index in [2.05, 4.69) is 0 Å². The molecule has 6 nitrogen and oxygen atoms in total. The van der Waals surface area contributed by atoms with E-state index in [1.165, 1.54) is 12.0 Å². The van der Waals surface area contributed by atoms with Crippen LogP contribution >= 0.6 is 23.4 Å². The van der Waals surface area contributed by atoms with Crippen LogP contribution < -0.4 is 4.90 Å². The Kier molecular flexibility index (Phi) is 5.95. The Morgan fingerprint density at radius 2 is 1.75 bits per heavy atom. The minimum atomic E-state index is -0.502. The minimum absolute atomic E-state index is 0.285. The van der Waals surface area contributed by atoms with Gasteiger partial charge in [0.2, 0.25) is 0 Å². The van der Waals surface area contributed by atoms with Crippen molar-refractivity contribution < 1.29 is 19.1 Å². The number of hydrogen-bond donors (Lipinski definition) is 0. The molecule has 0 N–H and O–H groups in total. The molecule has 3 aromatic rings. The number of ether oxygens (including phenoxy) is 1. The third-order valence-electron chi connectivity index (χ3n) is 5.18. The van der Waals surface area contributed by atoms with E-state index in [0.29, 0.717) is 10.6 Å². The highest BCUT2D eigenvalue weighted by molar-refractivity contribution is 8.19. The van der Waals surface area contributed by atoms with E-state index >= 15 is 0 Å². The zero-order valence-electron chi connectivity index (χ0n) is 17.6. The van der Waals surface area contributed by atoms with Crippen molar-refractivity contribution in [3.05, 3.63) is 87.0 Å². The molecule has 32 heavy (non-hydrogen) atoms. The summed E-state index contributed by atoms with van der Waals surface area (Å²) in [5.74, 6) is -0.848. The molecule has 0 bridgehead atoms. The van der Waals surface area contributed by atoms with Gasteiger partial charge in [-0.1, -0.05) is 29.8 Å². The zero-order chi connectivity index (χ0) is 23.0. The normalized spacial score (nSPS) is 15.0. The molecular formula is C24H19ClN2O4S. The van der Waals surface area contributed by atoms with E-state index in [1.54, 1.807) is 48.5 Å². The molecular weight excluding hydrogens is 448 g/mol. The summed E-state index contributed by atoms with van der Waals surface area (Å²) >= 11 is 7.21. The number of para-hydroxylation sites is 1. The number of halogens is 1. The van der Waals surface area contributed by atoms with Gasteiger partial charge in [-0.3, -0.25) is 9.59 Å². The molecule has 2 amide bonds. The van der Waals surface area contributed by atoms with Crippen molar-refractivity contribution in [3.8, 4) is 5.69 Å². The van der Waals surface area contributed by atoms with Crippen LogP contribution in [0.4, 0.5) is 10.5 Å². The van der Waals surface area contributed by atoms with Gasteiger partial charge in [0.1, 0.15) is 0 Å². The SMILES string of the molecule is COC(=O)c1ccc(-n2c(C)cc(C=C3SC(=O)N(c4ccccc4)C3=O)c2C)cc1Cl. The number of hydrogen-bond acceptors (Lipinski definition) is 5. The number of thioether (sulfide) groups is 1. The molecule has 162 valence electrons. The number of aromatic nitrogens is 1. The van der Waals surface area contributed by atoms with Gasteiger partial charge >= 0.3 is 5.97 Å². The van der Waals surface area contributed by atoms with E-state index in [4.69, 9.17) is 16.3 Å². The molecule has 0 atom stereocenters. The second-order valence-electron chi connectivity index (χ2n) is 7.17. The van der Waals surface area contributed by atoms with Crippen LogP contribution in [0.25, 0.3) is 11.8 Å². The number of esters is 1. The van der Waals surface area contributed by atoms with Gasteiger partial charge in [-0.05, 0) is 73.6 Å². The van der Waals surface area contributed by atoms with Crippen LogP contribution in [0.3, 0.4) is 0 Å². The Hall–Kier alpha value is -3.29. The van der Waals surface area contributed by atoms with Crippen molar-refractivity contribution in [2.75, 3.05) is 12.0 Å². The molecule has 1 fully saturated rings. The van der Waals surface area contributed by atoms with Gasteiger partial charge in [0, 0.05) is 17.1 Å². The van der Waals surface area contributed by atoms with Gasteiger partial charge in [0.25, 0.3) is 11.1 Å². The summed E-state index contributed by atoms with van der Waals surface area (Å²) in [6.07, 6.45) is 1.73. The Morgan fingerprint density at radius 1 is 1.03 bits per heavy atom. The maximum absolute atomic E-state index is 12.9. The van der Waals surface area contributed by atoms with E-state index in [0.717, 1.165) is 34.4 Å². The van der Waals surface area contributed by atoms with Crippen LogP contribution in [0.15, 0.2) is 59.5 Å². The lowest BCUT2D eigenvalue weighted by Crippen LogP contribution is -2.27. The predicted molar refractivity (Wildman–Crippen MR) is 126 cm³/mol. The second-order valence-corrected chi connectivity index (χ2v) is 8.57. The Labute approximate surface area is 194 Å². The van der Waals surface area contributed by atoms with Gasteiger partial charge in [-0.15, -0.1) is 0 Å². The van der Waals surface area contributed by atoms with Gasteiger partial charge in [0.15, 0.2) is 0 Å². The topological polar surface area (TPSA) is 68.6 Å². The maximum atomic E-state index is 12.9. The molecule has 1 aliphatic rings. The molecule has 1 saturated heterocycles. The summed E-state index contributed by atoms with van der Waals surface area (Å²) in [7, 11) is 1.30. The summed E-state index contributed by atoms with van der Waals surface area (Å²) in [4.78, 5) is 38.8. The first-order valence-electron chi connectivity index (χ1n) is 9.72. The molecule has 2 aromatic carbocycles. The van der Waals surface area contributed by atoms with Crippen LogP contribution in [0.5, 0.6) is 0 Å². The summed E-state index contributed by atoms with van der Waals surface area (Å²) in [5, 5.41) is -0.0428. The highest BCUT2D eigenvalue weighted by Gasteiger charge is 2.36. The lowest BCUT2D eigenvalue weighted by Gasteiger charge is -2.12. The molecule has 0 unspecified atom stereocenters. The Balaban J connectivity index is 1.69. The molecule has 1 aliphatic heterocycles. The van der Waals surface area contributed by atoms with E-state index in [9.17, 15) is 14.4 Å². The van der Waals surface area contributed by atoms with Gasteiger partial charge in [-0.2, -0.15) is 0 Å². The number of carbonyl (C=O) groups is 3. The largest absolute Gasteiger partial charge is 0.465 e. The number of carbonyl (C=O) groups excluding carboxylic acids is 3. The van der Waals surface area contributed by atoms with Crippen molar-refractivity contribution >= 4 is 52.2 Å². The Bertz CT molecular complexity index is 1280. The van der Waals surface area contributed by atoms with E-state index < -0.39 is 5.97 Å². The highest BCUT2D eigenvalue weighted by Crippen LogP contribution is 2.36. The number of imide groups is 1. The summed E-state index contributed by atoms with van der Waals surface area (Å²) in [5.41, 5.74) is 4.21. The van der Waals surface area contributed by atoms with Gasteiger partial charge in [-0.25, -0.2) is 9.69 Å². The quantitative estimate of drug-likeness (QED) is 0.360. The molecule has 1 aromatic heterocycles. The van der Waals surface area contributed by atoms with Crippen molar-refractivity contribution in [3.63, 3.8) is 0 Å². The van der Waals surface area contributed by atoms with Crippen LogP contribution in [0, 0.1) is 13.8 Å². The number of nitrogens with zero attached hydrogens (tertiary/aromatic N) is 2. The Morgan fingerprint density at radius 3 is 2.41 bits per heavy atom. The van der Waals surface area contributed by atoms with Crippen LogP contribution in [0.1, 0.15) is 27.3 Å². The number of rotatable bonds is 4. The lowest BCUT2D eigenvalue weighted by molar-refractivity contribution is -0.113. The van der Waals surface area contributed by atoms with Crippen LogP contribution in [-0.4, -0.2) is 28.8 Å². The number of aryl methyl sites for hydroxylation is 1. The van der Waals surface area contributed by atoms with Crippen molar-refractivity contribution in [2.45, 2.75) is 13.8 Å². The first-order valence-corrected chi connectivity index (χ1v) is 10.9. The predicted octanol–water partition coefficient (Wildman–Crippen LogP) is 5.78. The summed E-state index contributed by atoms with van der Waals surface area (Å²) in [6.45, 7) is 3.85. The van der Waals surface area contributed by atoms with E-state index in [-0.39, 0.29) is 21.7 Å². The van der Waals surface area contributed by atoms with Crippen LogP contribution in [0.2, 0.25) is 5.02 Å². The number of amides is 2.